The van der Waals surface area contributed by atoms with Gasteiger partial charge in [-0.1, -0.05) is 19.1 Å². The van der Waals surface area contributed by atoms with Crippen LogP contribution in [0.1, 0.15) is 46.0 Å². The van der Waals surface area contributed by atoms with Crippen molar-refractivity contribution in [2.24, 2.45) is 7.05 Å². The number of nitrogens with zero attached hydrogens (tertiary/aromatic N) is 2. The lowest BCUT2D eigenvalue weighted by Crippen LogP contribution is -2.29. The molecule has 2 heterocycles. The quantitative estimate of drug-likeness (QED) is 0.702. The number of hydrogen-bond donors (Lipinski definition) is 2. The molecule has 0 radical (unpaired) electrons. The van der Waals surface area contributed by atoms with E-state index in [4.69, 9.17) is 4.42 Å². The monoisotopic (exact) mass is 366 g/mol. The SMILES string of the molecule is CCC(NC(=O)c1ccc(-c2ccc(C(=O)NC)o2)cc1)c1ccnn1C. The van der Waals surface area contributed by atoms with E-state index in [1.54, 1.807) is 54.3 Å². The van der Waals surface area contributed by atoms with Crippen LogP contribution in [-0.2, 0) is 7.05 Å². The minimum absolute atomic E-state index is 0.107. The highest BCUT2D eigenvalue weighted by molar-refractivity contribution is 5.95. The summed E-state index contributed by atoms with van der Waals surface area (Å²) in [7, 11) is 3.41. The van der Waals surface area contributed by atoms with Crippen LogP contribution in [0.15, 0.2) is 53.1 Å². The van der Waals surface area contributed by atoms with Crippen molar-refractivity contribution in [2.45, 2.75) is 19.4 Å². The Hall–Kier alpha value is -3.35. The maximum Gasteiger partial charge on any atom is 0.286 e. The first kappa shape index (κ1) is 18.4. The number of hydrogen-bond acceptors (Lipinski definition) is 4. The fraction of sp³-hybridized carbons (Fsp3) is 0.250. The molecule has 2 aromatic heterocycles. The van der Waals surface area contributed by atoms with Crippen molar-refractivity contribution in [1.82, 2.24) is 20.4 Å². The van der Waals surface area contributed by atoms with Gasteiger partial charge in [-0.25, -0.2) is 0 Å². The fourth-order valence-electron chi connectivity index (χ4n) is 2.88. The van der Waals surface area contributed by atoms with E-state index in [0.717, 1.165) is 17.7 Å². The molecule has 7 heteroatoms. The minimum atomic E-state index is -0.280. The lowest BCUT2D eigenvalue weighted by molar-refractivity contribution is 0.0927. The third-order valence-corrected chi connectivity index (χ3v) is 4.42. The van der Waals surface area contributed by atoms with Gasteiger partial charge in [-0.15, -0.1) is 0 Å². The Morgan fingerprint density at radius 1 is 1.11 bits per heavy atom. The fourth-order valence-corrected chi connectivity index (χ4v) is 2.88. The molecule has 1 unspecified atom stereocenters. The molecule has 0 bridgehead atoms. The summed E-state index contributed by atoms with van der Waals surface area (Å²) < 4.78 is 7.31. The van der Waals surface area contributed by atoms with E-state index in [9.17, 15) is 9.59 Å². The first-order valence-electron chi connectivity index (χ1n) is 8.74. The topological polar surface area (TPSA) is 89.2 Å². The molecule has 3 rings (SSSR count). The van der Waals surface area contributed by atoms with Crippen LogP contribution in [0.5, 0.6) is 0 Å². The van der Waals surface area contributed by atoms with E-state index in [2.05, 4.69) is 15.7 Å². The van der Waals surface area contributed by atoms with Crippen molar-refractivity contribution in [2.75, 3.05) is 7.05 Å². The van der Waals surface area contributed by atoms with Gasteiger partial charge in [-0.3, -0.25) is 14.3 Å². The van der Waals surface area contributed by atoms with E-state index < -0.39 is 0 Å². The molecule has 140 valence electrons. The molecule has 2 N–H and O–H groups in total. The second-order valence-electron chi connectivity index (χ2n) is 6.13. The van der Waals surface area contributed by atoms with Crippen LogP contribution in [0.2, 0.25) is 0 Å². The third-order valence-electron chi connectivity index (χ3n) is 4.42. The zero-order chi connectivity index (χ0) is 19.4. The molecule has 0 aliphatic carbocycles. The molecular formula is C20H22N4O3. The molecule has 0 saturated heterocycles. The van der Waals surface area contributed by atoms with Crippen molar-refractivity contribution in [3.63, 3.8) is 0 Å². The van der Waals surface area contributed by atoms with Crippen LogP contribution in [-0.4, -0.2) is 28.6 Å². The maximum atomic E-state index is 12.6. The number of rotatable bonds is 6. The maximum absolute atomic E-state index is 12.6. The van der Waals surface area contributed by atoms with Gasteiger partial charge in [0.05, 0.1) is 11.7 Å². The van der Waals surface area contributed by atoms with Crippen molar-refractivity contribution >= 4 is 11.8 Å². The van der Waals surface area contributed by atoms with E-state index in [1.807, 2.05) is 20.0 Å². The summed E-state index contributed by atoms with van der Waals surface area (Å²) in [6.07, 6.45) is 2.48. The van der Waals surface area contributed by atoms with Crippen molar-refractivity contribution in [3.8, 4) is 11.3 Å². The molecule has 0 spiro atoms. The Balaban J connectivity index is 1.73. The Bertz CT molecular complexity index is 940. The first-order chi connectivity index (χ1) is 13.0. The standard InChI is InChI=1S/C20H22N4O3/c1-4-15(16-11-12-22-24(16)3)23-19(25)14-7-5-13(6-8-14)17-9-10-18(27-17)20(26)21-2/h5-12,15H,4H2,1-3H3,(H,21,26)(H,23,25). The van der Waals surface area contributed by atoms with Gasteiger partial charge >= 0.3 is 0 Å². The number of carbonyl (C=O) groups excluding carboxylic acids is 2. The number of amides is 2. The molecule has 3 aromatic rings. The Kier molecular flexibility index (Phi) is 5.40. The minimum Gasteiger partial charge on any atom is -0.451 e. The highest BCUT2D eigenvalue weighted by Gasteiger charge is 2.17. The number of aryl methyl sites for hydroxylation is 1. The van der Waals surface area contributed by atoms with E-state index >= 15 is 0 Å². The second-order valence-corrected chi connectivity index (χ2v) is 6.13. The van der Waals surface area contributed by atoms with Crippen LogP contribution in [0.3, 0.4) is 0 Å². The van der Waals surface area contributed by atoms with Crippen LogP contribution in [0.25, 0.3) is 11.3 Å². The van der Waals surface area contributed by atoms with Crippen LogP contribution < -0.4 is 10.6 Å². The summed E-state index contributed by atoms with van der Waals surface area (Å²) in [5, 5.41) is 9.71. The predicted molar refractivity (Wildman–Crippen MR) is 101 cm³/mol. The molecule has 1 atom stereocenters. The predicted octanol–water partition coefficient (Wildman–Crippen LogP) is 2.92. The van der Waals surface area contributed by atoms with Gasteiger partial charge in [-0.2, -0.15) is 5.10 Å². The van der Waals surface area contributed by atoms with Gasteiger partial charge < -0.3 is 15.1 Å². The molecule has 1 aromatic carbocycles. The van der Waals surface area contributed by atoms with Gasteiger partial charge in [0.25, 0.3) is 11.8 Å². The summed E-state index contributed by atoms with van der Waals surface area (Å²) >= 11 is 0. The molecule has 0 aliphatic rings. The van der Waals surface area contributed by atoms with Gasteiger partial charge in [0.15, 0.2) is 5.76 Å². The van der Waals surface area contributed by atoms with E-state index in [0.29, 0.717) is 11.3 Å². The summed E-state index contributed by atoms with van der Waals surface area (Å²) in [6.45, 7) is 2.02. The van der Waals surface area contributed by atoms with Gasteiger partial charge in [0.1, 0.15) is 5.76 Å². The first-order valence-corrected chi connectivity index (χ1v) is 8.74. The summed E-state index contributed by atoms with van der Waals surface area (Å²) in [4.78, 5) is 24.2. The van der Waals surface area contributed by atoms with Crippen molar-refractivity contribution in [3.05, 3.63) is 65.7 Å². The molecule has 0 aliphatic heterocycles. The highest BCUT2D eigenvalue weighted by Crippen LogP contribution is 2.23. The Morgan fingerprint density at radius 3 is 2.44 bits per heavy atom. The van der Waals surface area contributed by atoms with Crippen molar-refractivity contribution < 1.29 is 14.0 Å². The average Bonchev–Trinajstić information content (AvgIpc) is 3.35. The number of aromatic nitrogens is 2. The Labute approximate surface area is 157 Å². The van der Waals surface area contributed by atoms with Crippen molar-refractivity contribution in [1.29, 1.82) is 0 Å². The van der Waals surface area contributed by atoms with Crippen LogP contribution in [0.4, 0.5) is 0 Å². The number of carbonyl (C=O) groups is 2. The second kappa shape index (κ2) is 7.90. The van der Waals surface area contributed by atoms with Gasteiger partial charge in [0, 0.05) is 31.4 Å². The molecule has 27 heavy (non-hydrogen) atoms. The summed E-state index contributed by atoms with van der Waals surface area (Å²) in [6, 6.07) is 12.2. The van der Waals surface area contributed by atoms with Gasteiger partial charge in [0.2, 0.25) is 0 Å². The van der Waals surface area contributed by atoms with Crippen LogP contribution in [0, 0.1) is 0 Å². The Morgan fingerprint density at radius 2 is 1.85 bits per heavy atom. The van der Waals surface area contributed by atoms with Gasteiger partial charge in [-0.05, 0) is 36.8 Å². The molecule has 2 amide bonds. The molecule has 7 nitrogen and oxygen atoms in total. The number of nitrogens with one attached hydrogen (secondary N) is 2. The lowest BCUT2D eigenvalue weighted by Gasteiger charge is -2.17. The summed E-state index contributed by atoms with van der Waals surface area (Å²) in [5.41, 5.74) is 2.30. The third kappa shape index (κ3) is 3.92. The lowest BCUT2D eigenvalue weighted by atomic mass is 10.1. The molecular weight excluding hydrogens is 344 g/mol. The largest absolute Gasteiger partial charge is 0.451 e. The molecule has 0 saturated carbocycles. The highest BCUT2D eigenvalue weighted by atomic mass is 16.3. The number of furan rings is 1. The van der Waals surface area contributed by atoms with E-state index in [1.165, 1.54) is 0 Å². The van der Waals surface area contributed by atoms with Crippen LogP contribution >= 0.6 is 0 Å². The summed E-state index contributed by atoms with van der Waals surface area (Å²) in [5.74, 6) is 0.385. The normalized spacial score (nSPS) is 11.8. The zero-order valence-corrected chi connectivity index (χ0v) is 15.5. The number of benzene rings is 1. The molecule has 0 fully saturated rings. The van der Waals surface area contributed by atoms with E-state index in [-0.39, 0.29) is 23.6 Å². The smallest absolute Gasteiger partial charge is 0.286 e. The average molecular weight is 366 g/mol. The zero-order valence-electron chi connectivity index (χ0n) is 15.5.